The van der Waals surface area contributed by atoms with Crippen LogP contribution in [-0.2, 0) is 10.0 Å². The first-order valence-corrected chi connectivity index (χ1v) is 10.6. The van der Waals surface area contributed by atoms with Crippen molar-refractivity contribution >= 4 is 42.2 Å². The summed E-state index contributed by atoms with van der Waals surface area (Å²) in [6, 6.07) is 12.8. The van der Waals surface area contributed by atoms with E-state index in [0.717, 1.165) is 15.8 Å². The molecule has 0 saturated carbocycles. The minimum atomic E-state index is -4.09. The highest BCUT2D eigenvalue weighted by atomic mass is 32.2. The molecule has 0 amide bonds. The van der Waals surface area contributed by atoms with Gasteiger partial charge in [-0.15, -0.1) is 0 Å². The smallest absolute Gasteiger partial charge is 0.279 e. The second-order valence-corrected chi connectivity index (χ2v) is 9.07. The Balaban J connectivity index is 1.96. The van der Waals surface area contributed by atoms with Crippen molar-refractivity contribution in [3.63, 3.8) is 0 Å². The lowest BCUT2D eigenvalue weighted by atomic mass is 10.1. The minimum Gasteiger partial charge on any atom is -0.279 e. The summed E-state index contributed by atoms with van der Waals surface area (Å²) in [6.07, 6.45) is 0. The number of sulfonamides is 1. The van der Waals surface area contributed by atoms with Gasteiger partial charge in [0.1, 0.15) is 0 Å². The first-order chi connectivity index (χ1) is 12.8. The normalized spacial score (nSPS) is 12.0. The fourth-order valence-corrected chi connectivity index (χ4v) is 5.48. The summed E-state index contributed by atoms with van der Waals surface area (Å²) in [5.74, 6) is 0. The van der Waals surface area contributed by atoms with Crippen molar-refractivity contribution in [1.29, 1.82) is 0 Å². The topological polar surface area (TPSA) is 80.5 Å². The third-order valence-corrected chi connectivity index (χ3v) is 6.91. The summed E-state index contributed by atoms with van der Waals surface area (Å²) in [5.41, 5.74) is 2.39. The first kappa shape index (κ1) is 17.7. The highest BCUT2D eigenvalue weighted by molar-refractivity contribution is 7.92. The first-order valence-electron chi connectivity index (χ1n) is 8.29. The van der Waals surface area contributed by atoms with E-state index in [-0.39, 0.29) is 10.6 Å². The van der Waals surface area contributed by atoms with Crippen LogP contribution in [0, 0.1) is 20.8 Å². The van der Waals surface area contributed by atoms with Crippen LogP contribution >= 0.6 is 11.3 Å². The fraction of sp³-hybridized carbons (Fsp3) is 0.158. The zero-order valence-electron chi connectivity index (χ0n) is 15.0. The molecule has 0 atom stereocenters. The molecule has 0 aliphatic heterocycles. The summed E-state index contributed by atoms with van der Waals surface area (Å²) in [7, 11) is -4.09. The van der Waals surface area contributed by atoms with Crippen LogP contribution in [-0.4, -0.2) is 17.8 Å². The van der Waals surface area contributed by atoms with Gasteiger partial charge in [-0.25, -0.2) is 17.8 Å². The van der Waals surface area contributed by atoms with E-state index < -0.39 is 15.6 Å². The van der Waals surface area contributed by atoms with Gasteiger partial charge in [-0.2, -0.15) is 0 Å². The van der Waals surface area contributed by atoms with Crippen molar-refractivity contribution in [2.75, 3.05) is 4.72 Å². The second-order valence-electron chi connectivity index (χ2n) is 6.44. The molecular weight excluding hydrogens is 382 g/mol. The lowest BCUT2D eigenvalue weighted by molar-refractivity contribution is 0.598. The average Bonchev–Trinajstić information content (AvgIpc) is 2.95. The molecule has 27 heavy (non-hydrogen) atoms. The van der Waals surface area contributed by atoms with E-state index in [4.69, 9.17) is 0 Å². The van der Waals surface area contributed by atoms with Gasteiger partial charge in [0.25, 0.3) is 15.6 Å². The van der Waals surface area contributed by atoms with E-state index in [9.17, 15) is 13.2 Å². The Labute approximate surface area is 160 Å². The van der Waals surface area contributed by atoms with Crippen molar-refractivity contribution in [2.24, 2.45) is 0 Å². The third kappa shape index (κ3) is 2.90. The van der Waals surface area contributed by atoms with Crippen LogP contribution in [0.1, 0.15) is 16.8 Å². The Bertz CT molecular complexity index is 1370. The predicted molar refractivity (Wildman–Crippen MR) is 108 cm³/mol. The van der Waals surface area contributed by atoms with Crippen molar-refractivity contribution in [3.8, 4) is 0 Å². The Morgan fingerprint density at radius 3 is 2.59 bits per heavy atom. The number of fused-ring (bicyclic) bond motifs is 3. The number of aromatic nitrogens is 2. The number of aryl methyl sites for hydroxylation is 3. The molecule has 1 N–H and O–H groups in total. The van der Waals surface area contributed by atoms with Gasteiger partial charge in [-0.1, -0.05) is 35.6 Å². The van der Waals surface area contributed by atoms with Crippen molar-refractivity contribution in [2.45, 2.75) is 25.7 Å². The van der Waals surface area contributed by atoms with Crippen LogP contribution in [0.15, 0.2) is 52.2 Å². The summed E-state index contributed by atoms with van der Waals surface area (Å²) < 4.78 is 30.9. The van der Waals surface area contributed by atoms with E-state index >= 15 is 0 Å². The third-order valence-electron chi connectivity index (χ3n) is 4.39. The number of rotatable bonds is 3. The molecule has 4 aromatic rings. The monoisotopic (exact) mass is 399 g/mol. The van der Waals surface area contributed by atoms with Crippen molar-refractivity contribution in [3.05, 3.63) is 69.6 Å². The minimum absolute atomic E-state index is 0.185. The predicted octanol–water partition coefficient (Wildman–Crippen LogP) is 3.64. The zero-order valence-corrected chi connectivity index (χ0v) is 16.6. The van der Waals surface area contributed by atoms with Crippen molar-refractivity contribution < 1.29 is 8.42 Å². The molecule has 2 aromatic heterocycles. The zero-order chi connectivity index (χ0) is 19.3. The molecule has 4 rings (SSSR count). The standard InChI is InChI=1S/C19H17N3O3S2/c1-11-8-9-12(2)14(10-11)21-27(24,25)17-13(3)20-19-22(18(17)23)15-6-4-5-7-16(15)26-19/h4-10,21H,1-3H3. The number of nitrogens with one attached hydrogen (secondary N) is 1. The summed E-state index contributed by atoms with van der Waals surface area (Å²) in [4.78, 5) is 17.7. The molecule has 8 heteroatoms. The van der Waals surface area contributed by atoms with Gasteiger partial charge >= 0.3 is 0 Å². The lowest BCUT2D eigenvalue weighted by Gasteiger charge is -2.12. The Kier molecular flexibility index (Phi) is 4.05. The molecule has 6 nitrogen and oxygen atoms in total. The highest BCUT2D eigenvalue weighted by Gasteiger charge is 2.26. The molecule has 0 aliphatic carbocycles. The van der Waals surface area contributed by atoms with Crippen LogP contribution in [0.25, 0.3) is 15.2 Å². The summed E-state index contributed by atoms with van der Waals surface area (Å²) in [6.45, 7) is 5.23. The molecule has 0 fully saturated rings. The van der Waals surface area contributed by atoms with Gasteiger partial charge < -0.3 is 0 Å². The lowest BCUT2D eigenvalue weighted by Crippen LogP contribution is -2.28. The van der Waals surface area contributed by atoms with Gasteiger partial charge in [-0.3, -0.25) is 9.52 Å². The van der Waals surface area contributed by atoms with Crippen LogP contribution in [0.3, 0.4) is 0 Å². The van der Waals surface area contributed by atoms with Crippen LogP contribution in [0.4, 0.5) is 5.69 Å². The molecule has 138 valence electrons. The number of benzene rings is 2. The van der Waals surface area contributed by atoms with Gasteiger partial charge in [0.05, 0.1) is 21.6 Å². The molecular formula is C19H17N3O3S2. The fourth-order valence-electron chi connectivity index (χ4n) is 3.05. The van der Waals surface area contributed by atoms with E-state index in [2.05, 4.69) is 9.71 Å². The summed E-state index contributed by atoms with van der Waals surface area (Å²) >= 11 is 1.35. The Morgan fingerprint density at radius 2 is 1.81 bits per heavy atom. The Morgan fingerprint density at radius 1 is 1.07 bits per heavy atom. The molecule has 0 aliphatic rings. The van der Waals surface area contributed by atoms with Crippen LogP contribution < -0.4 is 10.3 Å². The molecule has 0 radical (unpaired) electrons. The van der Waals surface area contributed by atoms with Crippen LogP contribution in [0.5, 0.6) is 0 Å². The van der Waals surface area contributed by atoms with Gasteiger partial charge in [0.15, 0.2) is 9.86 Å². The number of para-hydroxylation sites is 1. The van der Waals surface area contributed by atoms with Gasteiger partial charge in [-0.05, 0) is 50.1 Å². The molecule has 2 aromatic carbocycles. The van der Waals surface area contributed by atoms with E-state index in [0.29, 0.717) is 16.2 Å². The number of hydrogen-bond acceptors (Lipinski definition) is 5. The maximum atomic E-state index is 13.1. The van der Waals surface area contributed by atoms with E-state index in [1.807, 2.05) is 44.2 Å². The molecule has 0 saturated heterocycles. The van der Waals surface area contributed by atoms with Gasteiger partial charge in [0, 0.05) is 0 Å². The number of thiazole rings is 1. The average molecular weight is 399 g/mol. The molecule has 0 spiro atoms. The maximum absolute atomic E-state index is 13.1. The SMILES string of the molecule is Cc1ccc(C)c(NS(=O)(=O)c2c(C)nc3sc4ccccc4n3c2=O)c1. The quantitative estimate of drug-likeness (QED) is 0.570. The highest BCUT2D eigenvalue weighted by Crippen LogP contribution is 2.26. The second kappa shape index (κ2) is 6.17. The molecule has 2 heterocycles. The Hall–Kier alpha value is -2.71. The van der Waals surface area contributed by atoms with E-state index in [1.165, 1.54) is 15.7 Å². The maximum Gasteiger partial charge on any atom is 0.280 e. The van der Waals surface area contributed by atoms with Crippen molar-refractivity contribution in [1.82, 2.24) is 9.38 Å². The molecule has 0 bridgehead atoms. The molecule has 0 unspecified atom stereocenters. The van der Waals surface area contributed by atoms with Crippen LogP contribution in [0.2, 0.25) is 0 Å². The number of anilines is 1. The number of nitrogens with zero attached hydrogens (tertiary/aromatic N) is 2. The summed E-state index contributed by atoms with van der Waals surface area (Å²) in [5, 5.41) is 0. The number of hydrogen-bond donors (Lipinski definition) is 1. The van der Waals surface area contributed by atoms with E-state index in [1.54, 1.807) is 19.1 Å². The largest absolute Gasteiger partial charge is 0.280 e. The van der Waals surface area contributed by atoms with Gasteiger partial charge in [0.2, 0.25) is 0 Å².